The van der Waals surface area contributed by atoms with Crippen molar-refractivity contribution in [1.82, 2.24) is 14.8 Å². The Hall–Kier alpha value is -1.66. The van der Waals surface area contributed by atoms with Crippen LogP contribution in [0.1, 0.15) is 41.5 Å². The maximum absolute atomic E-state index is 12.5. The van der Waals surface area contributed by atoms with E-state index in [9.17, 15) is 4.79 Å². The number of fused-ring (bicyclic) bond motifs is 1. The molecule has 2 aromatic rings. The van der Waals surface area contributed by atoms with Crippen LogP contribution in [0.2, 0.25) is 0 Å². The average molecular weight is 345 g/mol. The van der Waals surface area contributed by atoms with Crippen LogP contribution in [0.5, 0.6) is 0 Å². The van der Waals surface area contributed by atoms with Crippen LogP contribution in [-0.4, -0.2) is 39.3 Å². The van der Waals surface area contributed by atoms with Gasteiger partial charge in [0.2, 0.25) is 5.91 Å². The minimum absolute atomic E-state index is 0.276. The van der Waals surface area contributed by atoms with Gasteiger partial charge in [-0.2, -0.15) is 0 Å². The summed E-state index contributed by atoms with van der Waals surface area (Å²) in [5.74, 6) is 2.25. The Labute approximate surface area is 146 Å². The zero-order valence-corrected chi connectivity index (χ0v) is 15.0. The van der Waals surface area contributed by atoms with Crippen LogP contribution in [0.15, 0.2) is 21.9 Å². The number of likely N-dealkylation sites (tertiary alicyclic amines) is 2. The number of amides is 1. The van der Waals surface area contributed by atoms with Gasteiger partial charge in [0.1, 0.15) is 11.5 Å². The second kappa shape index (κ2) is 6.33. The van der Waals surface area contributed by atoms with Crippen LogP contribution in [0.3, 0.4) is 0 Å². The number of nitrogens with zero attached hydrogens (tertiary/aromatic N) is 3. The molecule has 0 bridgehead atoms. The molecule has 5 nitrogen and oxygen atoms in total. The van der Waals surface area contributed by atoms with Crippen molar-refractivity contribution in [2.24, 2.45) is 0 Å². The van der Waals surface area contributed by atoms with Crippen molar-refractivity contribution in [2.45, 2.75) is 58.3 Å². The van der Waals surface area contributed by atoms with Gasteiger partial charge >= 0.3 is 0 Å². The highest BCUT2D eigenvalue weighted by Crippen LogP contribution is 2.33. The molecule has 24 heavy (non-hydrogen) atoms. The molecular weight excluding hydrogens is 322 g/mol. The third-order valence-corrected chi connectivity index (χ3v) is 5.98. The average Bonchev–Trinajstić information content (AvgIpc) is 3.24. The molecule has 4 rings (SSSR count). The lowest BCUT2D eigenvalue weighted by Gasteiger charge is -2.39. The lowest BCUT2D eigenvalue weighted by molar-refractivity contribution is -0.138. The van der Waals surface area contributed by atoms with E-state index in [2.05, 4.69) is 26.2 Å². The second-order valence-electron chi connectivity index (χ2n) is 6.82. The molecule has 4 heterocycles. The third kappa shape index (κ3) is 3.00. The number of carbonyl (C=O) groups excluding carboxylic acids is 1. The van der Waals surface area contributed by atoms with Gasteiger partial charge in [0.25, 0.3) is 0 Å². The van der Waals surface area contributed by atoms with Crippen LogP contribution < -0.4 is 0 Å². The summed E-state index contributed by atoms with van der Waals surface area (Å²) >= 11 is 1.65. The van der Waals surface area contributed by atoms with Crippen LogP contribution in [-0.2, 0) is 17.9 Å². The first-order valence-electron chi connectivity index (χ1n) is 8.60. The van der Waals surface area contributed by atoms with E-state index < -0.39 is 0 Å². The summed E-state index contributed by atoms with van der Waals surface area (Å²) in [7, 11) is 0. The molecule has 6 heteroatoms. The molecule has 1 amide bonds. The Balaban J connectivity index is 1.48. The number of hydrogen-bond acceptors (Lipinski definition) is 5. The van der Waals surface area contributed by atoms with E-state index in [0.29, 0.717) is 25.0 Å². The first-order chi connectivity index (χ1) is 11.6. The topological polar surface area (TPSA) is 49.6 Å². The van der Waals surface area contributed by atoms with Crippen molar-refractivity contribution in [1.29, 1.82) is 0 Å². The van der Waals surface area contributed by atoms with Crippen LogP contribution >= 0.6 is 11.3 Å². The summed E-state index contributed by atoms with van der Waals surface area (Å²) in [4.78, 5) is 21.6. The van der Waals surface area contributed by atoms with E-state index in [-0.39, 0.29) is 5.91 Å². The molecule has 0 saturated carbocycles. The maximum atomic E-state index is 12.5. The van der Waals surface area contributed by atoms with Gasteiger partial charge in [0, 0.05) is 30.4 Å². The molecule has 0 aromatic carbocycles. The van der Waals surface area contributed by atoms with Gasteiger partial charge in [-0.25, -0.2) is 4.98 Å². The lowest BCUT2D eigenvalue weighted by atomic mass is 9.96. The lowest BCUT2D eigenvalue weighted by Crippen LogP contribution is -2.51. The molecule has 0 unspecified atom stereocenters. The van der Waals surface area contributed by atoms with Gasteiger partial charge in [0.15, 0.2) is 0 Å². The number of carbonyl (C=O) groups is 1. The minimum atomic E-state index is 0.276. The molecule has 0 radical (unpaired) electrons. The summed E-state index contributed by atoms with van der Waals surface area (Å²) in [5, 5.41) is 3.14. The largest absolute Gasteiger partial charge is 0.465 e. The zero-order valence-electron chi connectivity index (χ0n) is 14.2. The summed E-state index contributed by atoms with van der Waals surface area (Å²) in [6.07, 6.45) is 2.63. The van der Waals surface area contributed by atoms with Gasteiger partial charge in [-0.05, 0) is 38.8 Å². The normalized spacial score (nSPS) is 24.6. The van der Waals surface area contributed by atoms with Crippen molar-refractivity contribution < 1.29 is 9.21 Å². The predicted octanol–water partition coefficient (Wildman–Crippen LogP) is 3.12. The molecular formula is C18H23N3O2S. The summed E-state index contributed by atoms with van der Waals surface area (Å²) in [5.41, 5.74) is 1.02. The fourth-order valence-corrected chi connectivity index (χ4v) is 4.67. The van der Waals surface area contributed by atoms with Crippen molar-refractivity contribution in [2.75, 3.05) is 6.54 Å². The molecule has 2 aromatic heterocycles. The first kappa shape index (κ1) is 15.8. The van der Waals surface area contributed by atoms with Crippen molar-refractivity contribution in [3.8, 4) is 0 Å². The number of thiazole rings is 1. The Kier molecular flexibility index (Phi) is 4.18. The van der Waals surface area contributed by atoms with E-state index in [1.165, 1.54) is 0 Å². The van der Waals surface area contributed by atoms with Crippen LogP contribution in [0.4, 0.5) is 0 Å². The predicted molar refractivity (Wildman–Crippen MR) is 92.7 cm³/mol. The van der Waals surface area contributed by atoms with Crippen molar-refractivity contribution in [3.63, 3.8) is 0 Å². The van der Waals surface area contributed by atoms with E-state index >= 15 is 0 Å². The van der Waals surface area contributed by atoms with Crippen LogP contribution in [0, 0.1) is 13.8 Å². The number of furan rings is 1. The monoisotopic (exact) mass is 345 g/mol. The third-order valence-electron chi connectivity index (χ3n) is 5.15. The van der Waals surface area contributed by atoms with Crippen molar-refractivity contribution >= 4 is 17.2 Å². The SMILES string of the molecule is Cc1ccc(CN2CC[C@@H]3[C@H]2CCC(=O)N3Cc2csc(C)n2)o1. The Morgan fingerprint density at radius 2 is 2.12 bits per heavy atom. The highest BCUT2D eigenvalue weighted by Gasteiger charge is 2.43. The summed E-state index contributed by atoms with van der Waals surface area (Å²) in [6.45, 7) is 6.50. The fraction of sp³-hybridized carbons (Fsp3) is 0.556. The summed E-state index contributed by atoms with van der Waals surface area (Å²) in [6, 6.07) is 4.83. The fourth-order valence-electron chi connectivity index (χ4n) is 4.07. The number of aryl methyl sites for hydroxylation is 2. The molecule has 2 fully saturated rings. The quantitative estimate of drug-likeness (QED) is 0.854. The van der Waals surface area contributed by atoms with Crippen LogP contribution in [0.25, 0.3) is 0 Å². The van der Waals surface area contributed by atoms with Gasteiger partial charge in [-0.3, -0.25) is 9.69 Å². The molecule has 0 spiro atoms. The molecule has 2 saturated heterocycles. The minimum Gasteiger partial charge on any atom is -0.465 e. The number of aromatic nitrogens is 1. The molecule has 0 aliphatic carbocycles. The highest BCUT2D eigenvalue weighted by atomic mass is 32.1. The molecule has 2 aliphatic rings. The molecule has 2 atom stereocenters. The Morgan fingerprint density at radius 1 is 1.25 bits per heavy atom. The Morgan fingerprint density at radius 3 is 2.83 bits per heavy atom. The van der Waals surface area contributed by atoms with E-state index in [4.69, 9.17) is 4.42 Å². The highest BCUT2D eigenvalue weighted by molar-refractivity contribution is 7.09. The smallest absolute Gasteiger partial charge is 0.223 e. The summed E-state index contributed by atoms with van der Waals surface area (Å²) < 4.78 is 5.74. The van der Waals surface area contributed by atoms with Gasteiger partial charge < -0.3 is 9.32 Å². The van der Waals surface area contributed by atoms with E-state index in [0.717, 1.165) is 48.2 Å². The van der Waals surface area contributed by atoms with Gasteiger partial charge in [0.05, 0.1) is 23.8 Å². The van der Waals surface area contributed by atoms with Crippen molar-refractivity contribution in [3.05, 3.63) is 39.7 Å². The zero-order chi connectivity index (χ0) is 16.7. The second-order valence-corrected chi connectivity index (χ2v) is 7.89. The molecule has 0 N–H and O–H groups in total. The molecule has 2 aliphatic heterocycles. The standard InChI is InChI=1S/C18H23N3O2S/c1-12-3-4-15(23-12)10-20-8-7-17-16(20)5-6-18(22)21(17)9-14-11-24-13(2)19-14/h3-4,11,16-17H,5-10H2,1-2H3/t16-,17-/m1/s1. The molecule has 128 valence electrons. The number of piperidine rings is 1. The Bertz CT molecular complexity index is 738. The first-order valence-corrected chi connectivity index (χ1v) is 9.48. The van der Waals surface area contributed by atoms with E-state index in [1.807, 2.05) is 19.9 Å². The van der Waals surface area contributed by atoms with E-state index in [1.54, 1.807) is 11.3 Å². The van der Waals surface area contributed by atoms with Gasteiger partial charge in [-0.1, -0.05) is 0 Å². The number of rotatable bonds is 4. The van der Waals surface area contributed by atoms with Gasteiger partial charge in [-0.15, -0.1) is 11.3 Å². The maximum Gasteiger partial charge on any atom is 0.223 e. The number of hydrogen-bond donors (Lipinski definition) is 0.